The van der Waals surface area contributed by atoms with Gasteiger partial charge in [0.15, 0.2) is 0 Å². The highest BCUT2D eigenvalue weighted by atomic mass is 14.9. The van der Waals surface area contributed by atoms with Crippen molar-refractivity contribution in [2.75, 3.05) is 20.1 Å². The van der Waals surface area contributed by atoms with Gasteiger partial charge in [-0.2, -0.15) is 0 Å². The SMILES string of the molecule is CC[C@@H](C)NCCCNC. The number of hydrogen-bond donors (Lipinski definition) is 2. The summed E-state index contributed by atoms with van der Waals surface area (Å²) in [6.45, 7) is 6.67. The lowest BCUT2D eigenvalue weighted by Crippen LogP contribution is -2.27. The molecule has 0 aromatic rings. The van der Waals surface area contributed by atoms with E-state index < -0.39 is 0 Å². The predicted octanol–water partition coefficient (Wildman–Crippen LogP) is 0.984. The third-order valence-electron chi connectivity index (χ3n) is 1.71. The molecule has 0 unspecified atom stereocenters. The Morgan fingerprint density at radius 1 is 1.30 bits per heavy atom. The maximum atomic E-state index is 3.43. The fourth-order valence-corrected chi connectivity index (χ4v) is 0.758. The van der Waals surface area contributed by atoms with Gasteiger partial charge in [-0.05, 0) is 39.9 Å². The second kappa shape index (κ2) is 7.03. The summed E-state index contributed by atoms with van der Waals surface area (Å²) in [7, 11) is 1.99. The van der Waals surface area contributed by atoms with Crippen molar-refractivity contribution in [1.82, 2.24) is 10.6 Å². The summed E-state index contributed by atoms with van der Waals surface area (Å²) in [4.78, 5) is 0. The lowest BCUT2D eigenvalue weighted by Gasteiger charge is -2.10. The van der Waals surface area contributed by atoms with E-state index in [1.807, 2.05) is 7.05 Å². The molecule has 0 aliphatic rings. The number of nitrogens with one attached hydrogen (secondary N) is 2. The molecule has 1 atom stereocenters. The van der Waals surface area contributed by atoms with Crippen molar-refractivity contribution >= 4 is 0 Å². The fraction of sp³-hybridized carbons (Fsp3) is 1.00. The maximum absolute atomic E-state index is 3.43. The Kier molecular flexibility index (Phi) is 6.98. The highest BCUT2D eigenvalue weighted by molar-refractivity contribution is 4.57. The van der Waals surface area contributed by atoms with Gasteiger partial charge in [-0.25, -0.2) is 0 Å². The standard InChI is InChI=1S/C8H20N2/c1-4-8(2)10-7-5-6-9-3/h8-10H,4-7H2,1-3H3/t8-/m1/s1. The molecule has 0 aromatic carbocycles. The first-order chi connectivity index (χ1) is 4.81. The smallest absolute Gasteiger partial charge is 0.00361 e. The lowest BCUT2D eigenvalue weighted by atomic mass is 10.2. The lowest BCUT2D eigenvalue weighted by molar-refractivity contribution is 0.519. The normalized spacial score (nSPS) is 13.5. The van der Waals surface area contributed by atoms with Gasteiger partial charge in [-0.15, -0.1) is 0 Å². The molecule has 0 aliphatic heterocycles. The van der Waals surface area contributed by atoms with Gasteiger partial charge in [-0.3, -0.25) is 0 Å². The van der Waals surface area contributed by atoms with E-state index in [1.165, 1.54) is 12.8 Å². The van der Waals surface area contributed by atoms with Crippen LogP contribution >= 0.6 is 0 Å². The second-order valence-corrected chi connectivity index (χ2v) is 2.72. The zero-order chi connectivity index (χ0) is 7.82. The van der Waals surface area contributed by atoms with Crippen molar-refractivity contribution in [3.05, 3.63) is 0 Å². The van der Waals surface area contributed by atoms with Gasteiger partial charge in [-0.1, -0.05) is 6.92 Å². The summed E-state index contributed by atoms with van der Waals surface area (Å²) in [6.07, 6.45) is 2.44. The summed E-state index contributed by atoms with van der Waals surface area (Å²) >= 11 is 0. The largest absolute Gasteiger partial charge is 0.320 e. The zero-order valence-corrected chi connectivity index (χ0v) is 7.41. The number of rotatable bonds is 6. The predicted molar refractivity (Wildman–Crippen MR) is 46.3 cm³/mol. The van der Waals surface area contributed by atoms with Crippen molar-refractivity contribution in [1.29, 1.82) is 0 Å². The van der Waals surface area contributed by atoms with E-state index in [9.17, 15) is 0 Å². The average molecular weight is 144 g/mol. The maximum Gasteiger partial charge on any atom is 0.00361 e. The topological polar surface area (TPSA) is 24.1 Å². The van der Waals surface area contributed by atoms with Gasteiger partial charge >= 0.3 is 0 Å². The molecular formula is C8H20N2. The molecule has 0 spiro atoms. The van der Waals surface area contributed by atoms with Gasteiger partial charge < -0.3 is 10.6 Å². The van der Waals surface area contributed by atoms with E-state index in [0.29, 0.717) is 6.04 Å². The van der Waals surface area contributed by atoms with Crippen LogP contribution in [0.1, 0.15) is 26.7 Å². The molecule has 2 heteroatoms. The Hall–Kier alpha value is -0.0800. The molecule has 0 saturated carbocycles. The van der Waals surface area contributed by atoms with Gasteiger partial charge in [0.1, 0.15) is 0 Å². The first kappa shape index (κ1) is 9.92. The first-order valence-electron chi connectivity index (χ1n) is 4.19. The molecule has 10 heavy (non-hydrogen) atoms. The molecule has 0 fully saturated rings. The Labute approximate surface area is 64.4 Å². The highest BCUT2D eigenvalue weighted by Crippen LogP contribution is 1.86. The van der Waals surface area contributed by atoms with Crippen LogP contribution in [0.3, 0.4) is 0 Å². The van der Waals surface area contributed by atoms with E-state index in [4.69, 9.17) is 0 Å². The van der Waals surface area contributed by atoms with E-state index in [-0.39, 0.29) is 0 Å². The van der Waals surface area contributed by atoms with Crippen LogP contribution in [0.15, 0.2) is 0 Å². The summed E-state index contributed by atoms with van der Waals surface area (Å²) < 4.78 is 0. The van der Waals surface area contributed by atoms with Crippen molar-refractivity contribution in [3.63, 3.8) is 0 Å². The minimum atomic E-state index is 0.678. The molecule has 62 valence electrons. The third kappa shape index (κ3) is 6.05. The van der Waals surface area contributed by atoms with E-state index >= 15 is 0 Å². The van der Waals surface area contributed by atoms with Gasteiger partial charge in [0.05, 0.1) is 0 Å². The Morgan fingerprint density at radius 2 is 2.00 bits per heavy atom. The monoisotopic (exact) mass is 144 g/mol. The molecular weight excluding hydrogens is 124 g/mol. The van der Waals surface area contributed by atoms with Crippen LogP contribution in [-0.4, -0.2) is 26.2 Å². The molecule has 0 radical (unpaired) electrons. The highest BCUT2D eigenvalue weighted by Gasteiger charge is 1.94. The van der Waals surface area contributed by atoms with E-state index in [0.717, 1.165) is 13.1 Å². The second-order valence-electron chi connectivity index (χ2n) is 2.72. The van der Waals surface area contributed by atoms with Crippen LogP contribution in [0.5, 0.6) is 0 Å². The first-order valence-corrected chi connectivity index (χ1v) is 4.19. The van der Waals surface area contributed by atoms with Crippen LogP contribution in [0.2, 0.25) is 0 Å². The summed E-state index contributed by atoms with van der Waals surface area (Å²) in [6, 6.07) is 0.678. The fourth-order valence-electron chi connectivity index (χ4n) is 0.758. The van der Waals surface area contributed by atoms with Gasteiger partial charge in [0.25, 0.3) is 0 Å². The van der Waals surface area contributed by atoms with Crippen molar-refractivity contribution in [2.45, 2.75) is 32.7 Å². The Morgan fingerprint density at radius 3 is 2.50 bits per heavy atom. The summed E-state index contributed by atoms with van der Waals surface area (Å²) in [5.74, 6) is 0. The molecule has 0 saturated heterocycles. The third-order valence-corrected chi connectivity index (χ3v) is 1.71. The molecule has 0 aromatic heterocycles. The zero-order valence-electron chi connectivity index (χ0n) is 7.41. The summed E-state index contributed by atoms with van der Waals surface area (Å²) in [5, 5.41) is 6.55. The van der Waals surface area contributed by atoms with Crippen LogP contribution < -0.4 is 10.6 Å². The Bertz CT molecular complexity index is 64.3. The number of hydrogen-bond acceptors (Lipinski definition) is 2. The van der Waals surface area contributed by atoms with Crippen LogP contribution in [0.4, 0.5) is 0 Å². The minimum Gasteiger partial charge on any atom is -0.320 e. The molecule has 2 nitrogen and oxygen atoms in total. The van der Waals surface area contributed by atoms with E-state index in [1.54, 1.807) is 0 Å². The summed E-state index contributed by atoms with van der Waals surface area (Å²) in [5.41, 5.74) is 0. The average Bonchev–Trinajstić information content (AvgIpc) is 1.98. The molecule has 0 rings (SSSR count). The van der Waals surface area contributed by atoms with Crippen LogP contribution in [0.25, 0.3) is 0 Å². The molecule has 0 heterocycles. The van der Waals surface area contributed by atoms with E-state index in [2.05, 4.69) is 24.5 Å². The van der Waals surface area contributed by atoms with Crippen LogP contribution in [-0.2, 0) is 0 Å². The van der Waals surface area contributed by atoms with Crippen molar-refractivity contribution in [2.24, 2.45) is 0 Å². The molecule has 2 N–H and O–H groups in total. The van der Waals surface area contributed by atoms with Crippen molar-refractivity contribution in [3.8, 4) is 0 Å². The molecule has 0 bridgehead atoms. The van der Waals surface area contributed by atoms with Gasteiger partial charge in [0, 0.05) is 6.04 Å². The van der Waals surface area contributed by atoms with Crippen molar-refractivity contribution < 1.29 is 0 Å². The molecule has 0 amide bonds. The quantitative estimate of drug-likeness (QED) is 0.543. The Balaban J connectivity index is 2.89. The van der Waals surface area contributed by atoms with Crippen LogP contribution in [0, 0.1) is 0 Å². The molecule has 0 aliphatic carbocycles. The van der Waals surface area contributed by atoms with Gasteiger partial charge in [0.2, 0.25) is 0 Å². The minimum absolute atomic E-state index is 0.678.